The largest absolute Gasteiger partial charge is 0.492 e. The van der Waals surface area contributed by atoms with Crippen LogP contribution in [0, 0.1) is 11.3 Å². The van der Waals surface area contributed by atoms with Crippen LogP contribution >= 0.6 is 0 Å². The number of nitrogens with one attached hydrogen (secondary N) is 3. The summed E-state index contributed by atoms with van der Waals surface area (Å²) in [6.45, 7) is 13.2. The molecule has 0 spiro atoms. The number of amidine groups is 1. The molecule has 0 unspecified atom stereocenters. The van der Waals surface area contributed by atoms with Crippen molar-refractivity contribution in [3.05, 3.63) is 101 Å². The van der Waals surface area contributed by atoms with E-state index in [1.807, 2.05) is 80.3 Å². The monoisotopic (exact) mass is 770 g/mol. The summed E-state index contributed by atoms with van der Waals surface area (Å²) < 4.78 is 17.4. The predicted molar refractivity (Wildman–Crippen MR) is 218 cm³/mol. The molecule has 3 aromatic carbocycles. The number of hydrogen-bond donors (Lipinski definition) is 5. The molecule has 3 aromatic rings. The molecule has 3 aliphatic rings. The van der Waals surface area contributed by atoms with Crippen molar-refractivity contribution in [2.75, 3.05) is 72.2 Å². The molecule has 5 atom stereocenters. The van der Waals surface area contributed by atoms with Gasteiger partial charge in [-0.3, -0.25) is 20.0 Å². The van der Waals surface area contributed by atoms with Gasteiger partial charge in [-0.25, -0.2) is 0 Å². The van der Waals surface area contributed by atoms with Gasteiger partial charge >= 0.3 is 0 Å². The number of carbonyl (C=O) groups excluding carboxylic acids is 1. The molecule has 12 heteroatoms. The van der Waals surface area contributed by atoms with Crippen LogP contribution in [0.2, 0.25) is 0 Å². The number of morpholine rings is 1. The zero-order chi connectivity index (χ0) is 39.5. The van der Waals surface area contributed by atoms with Crippen LogP contribution in [-0.4, -0.2) is 133 Å². The van der Waals surface area contributed by atoms with Crippen molar-refractivity contribution in [3.8, 4) is 5.75 Å². The standard InChI is InChI=1S/C44H62N6O6/c1-44(2,3)47-42(53)39-30-50(43(45)56-31-33-9-5-4-6-10-33)18-17-49(39)29-36(51)26-34(28-46-41-38-12-8-7-11-35(38)27-40(41)52)25-32-13-15-37(16-14-32)55-24-21-48-19-22-54-23-20-48/h4-16,34,36,39-41,45-46,51-52H,17-31H2,1-3H3,(H,47,53)/t34-,36+,39+,40-,41+/m1/s1. The number of aliphatic hydroxyl groups is 2. The fourth-order valence-electron chi connectivity index (χ4n) is 8.00. The summed E-state index contributed by atoms with van der Waals surface area (Å²) in [5, 5.41) is 38.2. The van der Waals surface area contributed by atoms with Gasteiger partial charge in [0, 0.05) is 57.8 Å². The highest BCUT2D eigenvalue weighted by Crippen LogP contribution is 2.32. The maximum atomic E-state index is 13.7. The van der Waals surface area contributed by atoms with Crippen LogP contribution < -0.4 is 15.4 Å². The Labute approximate surface area is 332 Å². The summed E-state index contributed by atoms with van der Waals surface area (Å²) in [7, 11) is 0. The minimum absolute atomic E-state index is 0.0398. The lowest BCUT2D eigenvalue weighted by Crippen LogP contribution is -2.63. The van der Waals surface area contributed by atoms with Crippen LogP contribution in [0.3, 0.4) is 0 Å². The number of fused-ring (bicyclic) bond motifs is 1. The number of carbonyl (C=O) groups is 1. The lowest BCUT2D eigenvalue weighted by Gasteiger charge is -2.42. The Kier molecular flexibility index (Phi) is 14.8. The van der Waals surface area contributed by atoms with E-state index in [-0.39, 0.29) is 37.0 Å². The number of β-amino-alcohol motifs (C(OH)–C–C–N with tert-alkyl or cyclic N) is 1. The summed E-state index contributed by atoms with van der Waals surface area (Å²) in [4.78, 5) is 20.0. The number of rotatable bonds is 16. The number of ether oxygens (including phenoxy) is 3. The fourth-order valence-corrected chi connectivity index (χ4v) is 8.00. The van der Waals surface area contributed by atoms with E-state index >= 15 is 0 Å². The van der Waals surface area contributed by atoms with Gasteiger partial charge in [-0.15, -0.1) is 0 Å². The molecule has 1 amide bonds. The zero-order valence-corrected chi connectivity index (χ0v) is 33.4. The fraction of sp³-hybridized carbons (Fsp3) is 0.545. The van der Waals surface area contributed by atoms with Gasteiger partial charge in [-0.1, -0.05) is 66.7 Å². The van der Waals surface area contributed by atoms with E-state index < -0.39 is 23.8 Å². The van der Waals surface area contributed by atoms with Crippen LogP contribution in [0.1, 0.15) is 55.5 Å². The van der Waals surface area contributed by atoms with Crippen molar-refractivity contribution < 1.29 is 29.2 Å². The number of benzene rings is 3. The third-order valence-electron chi connectivity index (χ3n) is 10.9. The second-order valence-electron chi connectivity index (χ2n) is 16.5. The normalized spacial score (nSPS) is 21.6. The van der Waals surface area contributed by atoms with E-state index in [4.69, 9.17) is 19.6 Å². The first kappa shape index (κ1) is 41.6. The van der Waals surface area contributed by atoms with E-state index in [0.29, 0.717) is 45.6 Å². The lowest BCUT2D eigenvalue weighted by atomic mass is 9.92. The molecule has 0 aromatic heterocycles. The Morgan fingerprint density at radius 1 is 0.964 bits per heavy atom. The molecule has 6 rings (SSSR count). The average Bonchev–Trinajstić information content (AvgIpc) is 3.51. The van der Waals surface area contributed by atoms with Crippen LogP contribution in [0.4, 0.5) is 0 Å². The summed E-state index contributed by atoms with van der Waals surface area (Å²) in [6, 6.07) is 25.5. The summed E-state index contributed by atoms with van der Waals surface area (Å²) in [6.07, 6.45) is 0.614. The predicted octanol–water partition coefficient (Wildman–Crippen LogP) is 3.61. The second kappa shape index (κ2) is 19.9. The van der Waals surface area contributed by atoms with Gasteiger partial charge in [0.05, 0.1) is 31.5 Å². The molecule has 1 aliphatic carbocycles. The van der Waals surface area contributed by atoms with Crippen molar-refractivity contribution in [2.24, 2.45) is 5.92 Å². The van der Waals surface area contributed by atoms with Crippen molar-refractivity contribution >= 4 is 11.9 Å². The topological polar surface area (TPSA) is 143 Å². The molecule has 2 saturated heterocycles. The molecule has 304 valence electrons. The quantitative estimate of drug-likeness (QED) is 0.108. The number of hydrogen-bond acceptors (Lipinski definition) is 10. The molecule has 5 N–H and O–H groups in total. The Balaban J connectivity index is 1.10. The Bertz CT molecular complexity index is 1680. The third kappa shape index (κ3) is 12.2. The molecule has 2 aliphatic heterocycles. The average molecular weight is 771 g/mol. The molecule has 56 heavy (non-hydrogen) atoms. The van der Waals surface area contributed by atoms with E-state index in [0.717, 1.165) is 67.3 Å². The summed E-state index contributed by atoms with van der Waals surface area (Å²) in [5.74, 6) is 0.741. The highest BCUT2D eigenvalue weighted by Gasteiger charge is 2.37. The molecule has 12 nitrogen and oxygen atoms in total. The van der Waals surface area contributed by atoms with Gasteiger partial charge < -0.3 is 40.0 Å². The maximum absolute atomic E-state index is 13.7. The van der Waals surface area contributed by atoms with Gasteiger partial charge in [-0.2, -0.15) is 0 Å². The maximum Gasteiger partial charge on any atom is 0.284 e. The first-order chi connectivity index (χ1) is 27.0. The zero-order valence-electron chi connectivity index (χ0n) is 33.4. The number of aliphatic hydroxyl groups excluding tert-OH is 2. The van der Waals surface area contributed by atoms with Crippen LogP contribution in [0.5, 0.6) is 5.75 Å². The second-order valence-corrected chi connectivity index (χ2v) is 16.5. The smallest absolute Gasteiger partial charge is 0.284 e. The molecular formula is C44H62N6O6. The third-order valence-corrected chi connectivity index (χ3v) is 10.9. The minimum atomic E-state index is -0.712. The van der Waals surface area contributed by atoms with Crippen LogP contribution in [0.25, 0.3) is 0 Å². The Morgan fingerprint density at radius 2 is 1.70 bits per heavy atom. The summed E-state index contributed by atoms with van der Waals surface area (Å²) >= 11 is 0. The van der Waals surface area contributed by atoms with Crippen molar-refractivity contribution in [3.63, 3.8) is 0 Å². The van der Waals surface area contributed by atoms with E-state index in [1.54, 1.807) is 0 Å². The van der Waals surface area contributed by atoms with E-state index in [9.17, 15) is 15.0 Å². The molecule has 0 bridgehead atoms. The minimum Gasteiger partial charge on any atom is -0.492 e. The van der Waals surface area contributed by atoms with Crippen LogP contribution in [-0.2, 0) is 33.7 Å². The molecule has 2 fully saturated rings. The Morgan fingerprint density at radius 3 is 2.45 bits per heavy atom. The van der Waals surface area contributed by atoms with Gasteiger partial charge in [-0.05, 0) is 80.5 Å². The molecular weight excluding hydrogens is 709 g/mol. The van der Waals surface area contributed by atoms with Crippen LogP contribution in [0.15, 0.2) is 78.9 Å². The van der Waals surface area contributed by atoms with E-state index in [1.165, 1.54) is 0 Å². The molecule has 0 radical (unpaired) electrons. The van der Waals surface area contributed by atoms with Gasteiger partial charge in [0.25, 0.3) is 6.02 Å². The van der Waals surface area contributed by atoms with Gasteiger partial charge in [0.1, 0.15) is 25.0 Å². The SMILES string of the molecule is CC(C)(C)NC(=O)[C@@H]1CN(C(=N)OCc2ccccc2)CCN1C[C@@H](O)C[C@H](CN[C@H]1c2ccccc2C[C@H]1O)Cc1ccc(OCCN2CCOCC2)cc1. The highest BCUT2D eigenvalue weighted by molar-refractivity contribution is 5.83. The highest BCUT2D eigenvalue weighted by atomic mass is 16.5. The molecule has 0 saturated carbocycles. The van der Waals surface area contributed by atoms with Gasteiger partial charge in [0.15, 0.2) is 0 Å². The number of amides is 1. The molecule has 2 heterocycles. The summed E-state index contributed by atoms with van der Waals surface area (Å²) in [5.41, 5.74) is 3.96. The van der Waals surface area contributed by atoms with E-state index in [2.05, 4.69) is 44.7 Å². The number of nitrogens with zero attached hydrogens (tertiary/aromatic N) is 3. The first-order valence-corrected chi connectivity index (χ1v) is 20.3. The Hall–Kier alpha value is -4.04. The van der Waals surface area contributed by atoms with Gasteiger partial charge in [0.2, 0.25) is 5.91 Å². The first-order valence-electron chi connectivity index (χ1n) is 20.3. The number of piperazine rings is 1. The lowest BCUT2D eigenvalue weighted by molar-refractivity contribution is -0.130. The van der Waals surface area contributed by atoms with Crippen molar-refractivity contribution in [2.45, 2.75) is 76.5 Å². The van der Waals surface area contributed by atoms with Crippen molar-refractivity contribution in [1.82, 2.24) is 25.3 Å². The van der Waals surface area contributed by atoms with Crippen molar-refractivity contribution in [1.29, 1.82) is 5.41 Å².